The molecule has 162 valence electrons. The van der Waals surface area contributed by atoms with Gasteiger partial charge in [0, 0.05) is 24.8 Å². The van der Waals surface area contributed by atoms with Gasteiger partial charge in [0.05, 0.1) is 11.4 Å². The predicted molar refractivity (Wildman–Crippen MR) is 115 cm³/mol. The molecule has 1 heterocycles. The second-order valence-electron chi connectivity index (χ2n) is 9.33. The highest BCUT2D eigenvalue weighted by Crippen LogP contribution is 2.29. The number of hydrogen-bond donors (Lipinski definition) is 3. The number of alkyl carbamates (subject to hydrolysis) is 1. The van der Waals surface area contributed by atoms with Crippen molar-refractivity contribution in [2.24, 2.45) is 0 Å². The molecule has 4 N–H and O–H groups in total. The summed E-state index contributed by atoms with van der Waals surface area (Å²) in [6.45, 7) is 12.4. The number of piperidine rings is 1. The van der Waals surface area contributed by atoms with Gasteiger partial charge in [0.25, 0.3) is 0 Å². The van der Waals surface area contributed by atoms with E-state index in [2.05, 4.69) is 15.5 Å². The summed E-state index contributed by atoms with van der Waals surface area (Å²) in [5.74, 6) is 0. The van der Waals surface area contributed by atoms with E-state index in [-0.39, 0.29) is 6.04 Å². The number of nitrogens with zero attached hydrogens (tertiary/aromatic N) is 1. The topological polar surface area (TPSA) is 106 Å². The molecule has 8 heteroatoms. The van der Waals surface area contributed by atoms with E-state index in [4.69, 9.17) is 15.2 Å². The summed E-state index contributed by atoms with van der Waals surface area (Å²) < 4.78 is 10.6. The van der Waals surface area contributed by atoms with Crippen molar-refractivity contribution in [2.75, 3.05) is 29.0 Å². The predicted octanol–water partition coefficient (Wildman–Crippen LogP) is 4.11. The largest absolute Gasteiger partial charge is 0.444 e. The molecule has 0 aromatic heterocycles. The maximum atomic E-state index is 12.1. The first-order chi connectivity index (χ1) is 13.3. The van der Waals surface area contributed by atoms with Gasteiger partial charge in [0.2, 0.25) is 0 Å². The normalized spacial score (nSPS) is 17.4. The number of amides is 2. The van der Waals surface area contributed by atoms with Crippen molar-refractivity contribution in [3.63, 3.8) is 0 Å². The van der Waals surface area contributed by atoms with Gasteiger partial charge >= 0.3 is 12.2 Å². The molecular formula is C21H34N4O4. The van der Waals surface area contributed by atoms with Crippen LogP contribution >= 0.6 is 0 Å². The summed E-state index contributed by atoms with van der Waals surface area (Å²) in [4.78, 5) is 26.1. The standard InChI is InChI=1S/C21H34N4O4/c1-20(2,3)28-18(26)23-14-9-10-17(16(22)12-14)25-11-7-8-15(13-25)24-19(27)29-21(4,5)6/h9-10,12,15H,7-8,11,13,22H2,1-6H3,(H,23,26)(H,24,27)/t15-/m1/s1. The molecule has 0 radical (unpaired) electrons. The zero-order valence-electron chi connectivity index (χ0n) is 18.3. The van der Waals surface area contributed by atoms with Gasteiger partial charge in [-0.05, 0) is 72.6 Å². The Hall–Kier alpha value is -2.64. The van der Waals surface area contributed by atoms with Crippen LogP contribution in [-0.4, -0.2) is 42.5 Å². The van der Waals surface area contributed by atoms with Crippen LogP contribution in [0.3, 0.4) is 0 Å². The van der Waals surface area contributed by atoms with Gasteiger partial charge in [-0.25, -0.2) is 9.59 Å². The fraction of sp³-hybridized carbons (Fsp3) is 0.619. The van der Waals surface area contributed by atoms with E-state index in [0.29, 0.717) is 17.9 Å². The van der Waals surface area contributed by atoms with Gasteiger partial charge in [-0.15, -0.1) is 0 Å². The zero-order valence-corrected chi connectivity index (χ0v) is 18.3. The summed E-state index contributed by atoms with van der Waals surface area (Å²) in [5, 5.41) is 5.63. The number of nitrogens with one attached hydrogen (secondary N) is 2. The van der Waals surface area contributed by atoms with Gasteiger partial charge in [-0.1, -0.05) is 0 Å². The Kier molecular flexibility index (Phi) is 6.87. The van der Waals surface area contributed by atoms with Crippen molar-refractivity contribution in [2.45, 2.75) is 71.6 Å². The Morgan fingerprint density at radius 2 is 1.69 bits per heavy atom. The third-order valence-electron chi connectivity index (χ3n) is 4.16. The molecule has 1 aliphatic heterocycles. The van der Waals surface area contributed by atoms with Crippen molar-refractivity contribution in [1.29, 1.82) is 0 Å². The SMILES string of the molecule is CC(C)(C)OC(=O)Nc1ccc(N2CCC[C@@H](NC(=O)OC(C)(C)C)C2)c(N)c1. The average molecular weight is 407 g/mol. The summed E-state index contributed by atoms with van der Waals surface area (Å²) in [6.07, 6.45) is 0.879. The smallest absolute Gasteiger partial charge is 0.412 e. The highest BCUT2D eigenvalue weighted by atomic mass is 16.6. The van der Waals surface area contributed by atoms with Gasteiger partial charge < -0.3 is 25.4 Å². The van der Waals surface area contributed by atoms with Crippen LogP contribution in [0, 0.1) is 0 Å². The van der Waals surface area contributed by atoms with Crippen LogP contribution in [0.1, 0.15) is 54.4 Å². The molecule has 2 rings (SSSR count). The van der Waals surface area contributed by atoms with Crippen LogP contribution in [0.15, 0.2) is 18.2 Å². The summed E-state index contributed by atoms with van der Waals surface area (Å²) >= 11 is 0. The number of benzene rings is 1. The fourth-order valence-electron chi connectivity index (χ4n) is 3.13. The molecule has 0 unspecified atom stereocenters. The van der Waals surface area contributed by atoms with Crippen molar-refractivity contribution < 1.29 is 19.1 Å². The Balaban J connectivity index is 1.99. The van der Waals surface area contributed by atoms with E-state index in [1.807, 2.05) is 47.6 Å². The van der Waals surface area contributed by atoms with E-state index >= 15 is 0 Å². The van der Waals surface area contributed by atoms with E-state index in [9.17, 15) is 9.59 Å². The minimum absolute atomic E-state index is 0.0161. The molecular weight excluding hydrogens is 372 g/mol. The van der Waals surface area contributed by atoms with Crippen LogP contribution in [0.4, 0.5) is 26.7 Å². The van der Waals surface area contributed by atoms with E-state index in [0.717, 1.165) is 25.1 Å². The van der Waals surface area contributed by atoms with Crippen molar-refractivity contribution in [3.05, 3.63) is 18.2 Å². The minimum atomic E-state index is -0.570. The van der Waals surface area contributed by atoms with Gasteiger partial charge in [-0.3, -0.25) is 5.32 Å². The third-order valence-corrected chi connectivity index (χ3v) is 4.16. The first-order valence-corrected chi connectivity index (χ1v) is 9.96. The van der Waals surface area contributed by atoms with Crippen molar-refractivity contribution in [3.8, 4) is 0 Å². The minimum Gasteiger partial charge on any atom is -0.444 e. The molecule has 0 bridgehead atoms. The summed E-state index contributed by atoms with van der Waals surface area (Å²) in [5.41, 5.74) is 7.13. The van der Waals surface area contributed by atoms with Gasteiger partial charge in [-0.2, -0.15) is 0 Å². The number of rotatable bonds is 3. The van der Waals surface area contributed by atoms with Crippen LogP contribution in [-0.2, 0) is 9.47 Å². The lowest BCUT2D eigenvalue weighted by Crippen LogP contribution is -2.49. The second-order valence-corrected chi connectivity index (χ2v) is 9.33. The number of nitrogen functional groups attached to an aromatic ring is 1. The Bertz CT molecular complexity index is 737. The molecule has 0 spiro atoms. The summed E-state index contributed by atoms with van der Waals surface area (Å²) in [7, 11) is 0. The molecule has 1 atom stereocenters. The monoisotopic (exact) mass is 406 g/mol. The lowest BCUT2D eigenvalue weighted by molar-refractivity contribution is 0.0499. The lowest BCUT2D eigenvalue weighted by atomic mass is 10.0. The number of carbonyl (C=O) groups is 2. The number of hydrogen-bond acceptors (Lipinski definition) is 6. The molecule has 1 fully saturated rings. The number of ether oxygens (including phenoxy) is 2. The molecule has 1 saturated heterocycles. The molecule has 8 nitrogen and oxygen atoms in total. The molecule has 1 aromatic carbocycles. The molecule has 0 aliphatic carbocycles. The zero-order chi connectivity index (χ0) is 21.8. The summed E-state index contributed by atoms with van der Waals surface area (Å²) in [6, 6.07) is 5.36. The first kappa shape index (κ1) is 22.6. The van der Waals surface area contributed by atoms with Crippen molar-refractivity contribution >= 4 is 29.2 Å². The quantitative estimate of drug-likeness (QED) is 0.652. The van der Waals surface area contributed by atoms with Crippen LogP contribution in [0.2, 0.25) is 0 Å². The number of anilines is 3. The lowest BCUT2D eigenvalue weighted by Gasteiger charge is -2.35. The van der Waals surface area contributed by atoms with Gasteiger partial charge in [0.1, 0.15) is 11.2 Å². The Morgan fingerprint density at radius 3 is 2.28 bits per heavy atom. The molecule has 1 aliphatic rings. The number of nitrogens with two attached hydrogens (primary N) is 1. The second kappa shape index (κ2) is 8.80. The Morgan fingerprint density at radius 1 is 1.07 bits per heavy atom. The first-order valence-electron chi connectivity index (χ1n) is 9.96. The molecule has 2 amide bonds. The van der Waals surface area contributed by atoms with E-state index in [1.165, 1.54) is 0 Å². The van der Waals surface area contributed by atoms with Gasteiger partial charge in [0.15, 0.2) is 0 Å². The fourth-order valence-corrected chi connectivity index (χ4v) is 3.13. The van der Waals surface area contributed by atoms with E-state index < -0.39 is 23.4 Å². The molecule has 0 saturated carbocycles. The molecule has 1 aromatic rings. The maximum Gasteiger partial charge on any atom is 0.412 e. The average Bonchev–Trinajstić information content (AvgIpc) is 2.51. The third kappa shape index (κ3) is 7.71. The molecule has 29 heavy (non-hydrogen) atoms. The number of carbonyl (C=O) groups excluding carboxylic acids is 2. The van der Waals surface area contributed by atoms with Crippen LogP contribution in [0.25, 0.3) is 0 Å². The maximum absolute atomic E-state index is 12.1. The van der Waals surface area contributed by atoms with Crippen molar-refractivity contribution in [1.82, 2.24) is 5.32 Å². The highest BCUT2D eigenvalue weighted by molar-refractivity contribution is 5.87. The highest BCUT2D eigenvalue weighted by Gasteiger charge is 2.25. The van der Waals surface area contributed by atoms with E-state index in [1.54, 1.807) is 12.1 Å². The van der Waals surface area contributed by atoms with Crippen LogP contribution < -0.4 is 21.3 Å². The van der Waals surface area contributed by atoms with Crippen LogP contribution in [0.5, 0.6) is 0 Å². The Labute approximate surface area is 173 Å².